The lowest BCUT2D eigenvalue weighted by Gasteiger charge is -2.12. The first-order valence-electron chi connectivity index (χ1n) is 8.11. The molecule has 2 aromatic carbocycles. The van der Waals surface area contributed by atoms with Gasteiger partial charge < -0.3 is 14.9 Å². The Morgan fingerprint density at radius 1 is 1.16 bits per heavy atom. The van der Waals surface area contributed by atoms with E-state index in [1.54, 1.807) is 7.05 Å². The number of hydrogen-bond acceptors (Lipinski definition) is 4. The van der Waals surface area contributed by atoms with Gasteiger partial charge in [0.25, 0.3) is 5.91 Å². The highest BCUT2D eigenvalue weighted by atomic mass is 16.5. The Bertz CT molecular complexity index is 872. The Labute approximate surface area is 146 Å². The van der Waals surface area contributed by atoms with Crippen molar-refractivity contribution in [3.8, 4) is 11.3 Å². The predicted octanol–water partition coefficient (Wildman–Crippen LogP) is 3.29. The predicted molar refractivity (Wildman–Crippen MR) is 95.2 cm³/mol. The average molecular weight is 336 g/mol. The average Bonchev–Trinajstić information content (AvgIpc) is 3.05. The molecule has 0 aliphatic heterocycles. The molecule has 1 heterocycles. The Hall–Kier alpha value is -2.92. The number of carbonyl (C=O) groups is 1. The number of carbonyl (C=O) groups excluding carboxylic acids is 1. The number of rotatable bonds is 5. The molecule has 3 rings (SSSR count). The molecule has 3 aromatic rings. The lowest BCUT2D eigenvalue weighted by atomic mass is 9.97. The van der Waals surface area contributed by atoms with Crippen molar-refractivity contribution in [2.45, 2.75) is 19.4 Å². The monoisotopic (exact) mass is 336 g/mol. The molecule has 0 radical (unpaired) electrons. The molecule has 0 aliphatic carbocycles. The topological polar surface area (TPSA) is 75.4 Å². The molecule has 0 aliphatic rings. The third-order valence-corrected chi connectivity index (χ3v) is 4.19. The Kier molecular flexibility index (Phi) is 4.95. The van der Waals surface area contributed by atoms with Crippen molar-refractivity contribution < 1.29 is 14.4 Å². The highest BCUT2D eigenvalue weighted by Gasteiger charge is 2.25. The van der Waals surface area contributed by atoms with Crippen LogP contribution in [0.5, 0.6) is 0 Å². The summed E-state index contributed by atoms with van der Waals surface area (Å²) in [5.41, 5.74) is 3.43. The van der Waals surface area contributed by atoms with Crippen LogP contribution >= 0.6 is 0 Å². The maximum Gasteiger partial charge on any atom is 0.256 e. The summed E-state index contributed by atoms with van der Waals surface area (Å²) in [6.07, 6.45) is -0.603. The number of nitrogens with one attached hydrogen (secondary N) is 1. The summed E-state index contributed by atoms with van der Waals surface area (Å²) in [5, 5.41) is 17.3. The summed E-state index contributed by atoms with van der Waals surface area (Å²) in [6, 6.07) is 17.0. The van der Waals surface area contributed by atoms with Crippen molar-refractivity contribution in [2.24, 2.45) is 0 Å². The van der Waals surface area contributed by atoms with Crippen LogP contribution in [0.4, 0.5) is 0 Å². The molecule has 0 bridgehead atoms. The van der Waals surface area contributed by atoms with E-state index in [1.807, 2.05) is 61.5 Å². The molecule has 128 valence electrons. The zero-order chi connectivity index (χ0) is 17.8. The number of aliphatic hydroxyl groups excluding tert-OH is 1. The summed E-state index contributed by atoms with van der Waals surface area (Å²) in [5.74, 6) is 0.0843. The first-order valence-corrected chi connectivity index (χ1v) is 8.11. The van der Waals surface area contributed by atoms with Gasteiger partial charge in [0.2, 0.25) is 0 Å². The zero-order valence-electron chi connectivity index (χ0n) is 14.2. The van der Waals surface area contributed by atoms with E-state index in [-0.39, 0.29) is 12.3 Å². The summed E-state index contributed by atoms with van der Waals surface area (Å²) in [4.78, 5) is 12.4. The van der Waals surface area contributed by atoms with Gasteiger partial charge in [-0.05, 0) is 18.1 Å². The quantitative estimate of drug-likeness (QED) is 0.750. The van der Waals surface area contributed by atoms with Gasteiger partial charge in [-0.3, -0.25) is 4.79 Å². The molecule has 1 amide bonds. The van der Waals surface area contributed by atoms with Crippen LogP contribution in [0.3, 0.4) is 0 Å². The number of aryl methyl sites for hydroxylation is 1. The van der Waals surface area contributed by atoms with Crippen molar-refractivity contribution in [2.75, 3.05) is 7.05 Å². The minimum Gasteiger partial charge on any atom is -0.388 e. The molecule has 25 heavy (non-hydrogen) atoms. The van der Waals surface area contributed by atoms with Gasteiger partial charge in [0, 0.05) is 19.0 Å². The fourth-order valence-electron chi connectivity index (χ4n) is 2.86. The van der Waals surface area contributed by atoms with Gasteiger partial charge in [-0.1, -0.05) is 59.8 Å². The van der Waals surface area contributed by atoms with Crippen molar-refractivity contribution in [3.63, 3.8) is 0 Å². The van der Waals surface area contributed by atoms with Gasteiger partial charge in [0.1, 0.15) is 11.3 Å². The normalized spacial score (nSPS) is 12.0. The van der Waals surface area contributed by atoms with Crippen molar-refractivity contribution in [1.29, 1.82) is 0 Å². The van der Waals surface area contributed by atoms with E-state index in [2.05, 4.69) is 10.5 Å². The number of nitrogens with zero attached hydrogens (tertiary/aromatic N) is 1. The van der Waals surface area contributed by atoms with E-state index in [0.29, 0.717) is 17.0 Å². The molecule has 5 heteroatoms. The summed E-state index contributed by atoms with van der Waals surface area (Å²) >= 11 is 0. The van der Waals surface area contributed by atoms with E-state index < -0.39 is 6.10 Å². The van der Waals surface area contributed by atoms with Gasteiger partial charge in [-0.25, -0.2) is 0 Å². The first kappa shape index (κ1) is 16.9. The highest BCUT2D eigenvalue weighted by Crippen LogP contribution is 2.29. The second-order valence-electron chi connectivity index (χ2n) is 5.85. The van der Waals surface area contributed by atoms with E-state index >= 15 is 0 Å². The molecule has 0 fully saturated rings. The number of aliphatic hydroxyl groups is 1. The highest BCUT2D eigenvalue weighted by molar-refractivity contribution is 6.00. The molecule has 1 atom stereocenters. The zero-order valence-corrected chi connectivity index (χ0v) is 14.2. The van der Waals surface area contributed by atoms with Crippen LogP contribution < -0.4 is 5.32 Å². The fourth-order valence-corrected chi connectivity index (χ4v) is 2.86. The smallest absolute Gasteiger partial charge is 0.256 e. The maximum atomic E-state index is 12.4. The molecule has 0 saturated heterocycles. The van der Waals surface area contributed by atoms with Gasteiger partial charge in [0.05, 0.1) is 6.10 Å². The SMILES string of the molecule is CNC(=O)c1c(-c2ccccc2)noc1CC(O)c1ccccc1C. The molecule has 0 spiro atoms. The van der Waals surface area contributed by atoms with Crippen LogP contribution in [-0.2, 0) is 6.42 Å². The van der Waals surface area contributed by atoms with Crippen molar-refractivity contribution in [3.05, 3.63) is 77.0 Å². The lowest BCUT2D eigenvalue weighted by molar-refractivity contribution is 0.0959. The van der Waals surface area contributed by atoms with Gasteiger partial charge in [-0.2, -0.15) is 0 Å². The number of amides is 1. The maximum absolute atomic E-state index is 12.4. The summed E-state index contributed by atoms with van der Waals surface area (Å²) in [7, 11) is 1.56. The molecule has 2 N–H and O–H groups in total. The Balaban J connectivity index is 1.98. The fraction of sp³-hybridized carbons (Fsp3) is 0.200. The Morgan fingerprint density at radius 3 is 2.52 bits per heavy atom. The largest absolute Gasteiger partial charge is 0.388 e. The molecular formula is C20H20N2O3. The van der Waals surface area contributed by atoms with Crippen molar-refractivity contribution >= 4 is 5.91 Å². The van der Waals surface area contributed by atoms with E-state index in [4.69, 9.17) is 4.52 Å². The van der Waals surface area contributed by atoms with Crippen LogP contribution in [0.2, 0.25) is 0 Å². The number of benzene rings is 2. The van der Waals surface area contributed by atoms with Crippen LogP contribution in [0.15, 0.2) is 59.1 Å². The standard InChI is InChI=1S/C20H20N2O3/c1-13-8-6-7-11-15(13)16(23)12-17-18(20(24)21-2)19(22-25-17)14-9-4-3-5-10-14/h3-11,16,23H,12H2,1-2H3,(H,21,24). The third kappa shape index (κ3) is 3.46. The third-order valence-electron chi connectivity index (χ3n) is 4.19. The molecule has 0 saturated carbocycles. The summed E-state index contributed by atoms with van der Waals surface area (Å²) in [6.45, 7) is 1.94. The van der Waals surface area contributed by atoms with Gasteiger partial charge in [-0.15, -0.1) is 0 Å². The number of hydrogen-bond donors (Lipinski definition) is 2. The van der Waals surface area contributed by atoms with Crippen LogP contribution in [0.25, 0.3) is 11.3 Å². The van der Waals surface area contributed by atoms with E-state index in [1.165, 1.54) is 0 Å². The lowest BCUT2D eigenvalue weighted by Crippen LogP contribution is -2.20. The second kappa shape index (κ2) is 7.32. The van der Waals surface area contributed by atoms with Crippen LogP contribution in [0.1, 0.15) is 33.3 Å². The minimum absolute atomic E-state index is 0.174. The number of aromatic nitrogens is 1. The molecular weight excluding hydrogens is 316 g/mol. The molecule has 1 unspecified atom stereocenters. The Morgan fingerprint density at radius 2 is 1.84 bits per heavy atom. The summed E-state index contributed by atoms with van der Waals surface area (Å²) < 4.78 is 5.43. The second-order valence-corrected chi connectivity index (χ2v) is 5.85. The first-order chi connectivity index (χ1) is 12.1. The van der Waals surface area contributed by atoms with E-state index in [9.17, 15) is 9.90 Å². The van der Waals surface area contributed by atoms with Gasteiger partial charge >= 0.3 is 0 Å². The van der Waals surface area contributed by atoms with Crippen molar-refractivity contribution in [1.82, 2.24) is 10.5 Å². The molecule has 1 aromatic heterocycles. The van der Waals surface area contributed by atoms with Crippen LogP contribution in [0, 0.1) is 6.92 Å². The van der Waals surface area contributed by atoms with E-state index in [0.717, 1.165) is 16.7 Å². The molecule has 5 nitrogen and oxygen atoms in total. The van der Waals surface area contributed by atoms with Gasteiger partial charge in [0.15, 0.2) is 5.76 Å². The van der Waals surface area contributed by atoms with Crippen LogP contribution in [-0.4, -0.2) is 23.2 Å². The minimum atomic E-state index is -0.777.